The lowest BCUT2D eigenvalue weighted by Gasteiger charge is -2.28. The number of carboxylic acids is 1. The lowest BCUT2D eigenvalue weighted by atomic mass is 9.77. The van der Waals surface area contributed by atoms with Gasteiger partial charge in [-0.05, 0) is 67.3 Å². The fraction of sp³-hybridized carbons (Fsp3) is 0.308. The van der Waals surface area contributed by atoms with Crippen molar-refractivity contribution in [2.45, 2.75) is 44.2 Å². The Labute approximate surface area is 200 Å². The smallest absolute Gasteiger partial charge is 0.433 e. The molecule has 2 aromatic heterocycles. The Morgan fingerprint density at radius 2 is 1.63 bits per heavy atom. The molecule has 1 saturated carbocycles. The summed E-state index contributed by atoms with van der Waals surface area (Å²) in [5, 5.41) is 11.5. The van der Waals surface area contributed by atoms with E-state index in [-0.39, 0.29) is 23.6 Å². The lowest BCUT2D eigenvalue weighted by Crippen LogP contribution is -2.16. The summed E-state index contributed by atoms with van der Waals surface area (Å²) in [6.07, 6.45) is 1.89. The Balaban J connectivity index is 1.35. The number of alkyl halides is 3. The Bertz CT molecular complexity index is 1170. The SMILES string of the molecule is O=C(O)C[C@H]1CC[C@@H](c2ccc(-c3ccc(C(=O)Nc4ccc(C(F)(F)F)nc4)cn3)cc2)CC1. The van der Waals surface area contributed by atoms with Crippen LogP contribution < -0.4 is 5.32 Å². The van der Waals surface area contributed by atoms with E-state index in [1.54, 1.807) is 12.1 Å². The molecule has 4 rings (SSSR count). The number of benzene rings is 1. The van der Waals surface area contributed by atoms with Crippen LogP contribution in [0.4, 0.5) is 18.9 Å². The summed E-state index contributed by atoms with van der Waals surface area (Å²) in [6, 6.07) is 13.4. The summed E-state index contributed by atoms with van der Waals surface area (Å²) in [4.78, 5) is 31.0. The van der Waals surface area contributed by atoms with Crippen molar-refractivity contribution in [3.63, 3.8) is 0 Å². The fourth-order valence-corrected chi connectivity index (χ4v) is 4.41. The van der Waals surface area contributed by atoms with E-state index in [2.05, 4.69) is 27.4 Å². The number of hydrogen-bond donors (Lipinski definition) is 2. The number of amides is 1. The van der Waals surface area contributed by atoms with Gasteiger partial charge in [0, 0.05) is 18.2 Å². The minimum Gasteiger partial charge on any atom is -0.481 e. The van der Waals surface area contributed by atoms with Gasteiger partial charge in [-0.1, -0.05) is 24.3 Å². The lowest BCUT2D eigenvalue weighted by molar-refractivity contribution is -0.141. The number of pyridine rings is 2. The predicted octanol–water partition coefficient (Wildman–Crippen LogP) is 6.16. The molecule has 0 bridgehead atoms. The van der Waals surface area contributed by atoms with E-state index in [4.69, 9.17) is 5.11 Å². The van der Waals surface area contributed by atoms with Gasteiger partial charge < -0.3 is 10.4 Å². The molecule has 1 aliphatic rings. The van der Waals surface area contributed by atoms with Crippen LogP contribution >= 0.6 is 0 Å². The number of carbonyl (C=O) groups excluding carboxylic acids is 1. The second-order valence-electron chi connectivity index (χ2n) is 8.75. The van der Waals surface area contributed by atoms with Crippen LogP contribution in [0.15, 0.2) is 60.9 Å². The maximum atomic E-state index is 12.6. The highest BCUT2D eigenvalue weighted by Crippen LogP contribution is 2.37. The zero-order valence-electron chi connectivity index (χ0n) is 18.8. The third-order valence-corrected chi connectivity index (χ3v) is 6.33. The third kappa shape index (κ3) is 6.23. The number of anilines is 1. The van der Waals surface area contributed by atoms with Crippen LogP contribution in [-0.4, -0.2) is 27.0 Å². The number of nitrogens with zero attached hydrogens (tertiary/aromatic N) is 2. The Morgan fingerprint density at radius 3 is 2.17 bits per heavy atom. The maximum Gasteiger partial charge on any atom is 0.433 e. The van der Waals surface area contributed by atoms with E-state index in [1.807, 2.05) is 12.1 Å². The summed E-state index contributed by atoms with van der Waals surface area (Å²) in [5.74, 6) is -0.545. The Morgan fingerprint density at radius 1 is 0.914 bits per heavy atom. The molecule has 1 amide bonds. The van der Waals surface area contributed by atoms with Gasteiger partial charge in [-0.25, -0.2) is 4.98 Å². The molecule has 0 spiro atoms. The highest BCUT2D eigenvalue weighted by Gasteiger charge is 2.32. The molecule has 2 heterocycles. The van der Waals surface area contributed by atoms with E-state index >= 15 is 0 Å². The fourth-order valence-electron chi connectivity index (χ4n) is 4.41. The van der Waals surface area contributed by atoms with E-state index in [1.165, 1.54) is 11.8 Å². The largest absolute Gasteiger partial charge is 0.481 e. The van der Waals surface area contributed by atoms with E-state index in [0.717, 1.165) is 49.6 Å². The van der Waals surface area contributed by atoms with Gasteiger partial charge in [-0.3, -0.25) is 14.6 Å². The summed E-state index contributed by atoms with van der Waals surface area (Å²) in [6.45, 7) is 0. The van der Waals surface area contributed by atoms with Crippen molar-refractivity contribution in [3.8, 4) is 11.3 Å². The summed E-state index contributed by atoms with van der Waals surface area (Å²) in [5.41, 5.74) is 2.20. The summed E-state index contributed by atoms with van der Waals surface area (Å²) < 4.78 is 37.9. The molecule has 0 radical (unpaired) electrons. The highest BCUT2D eigenvalue weighted by atomic mass is 19.4. The molecule has 6 nitrogen and oxygen atoms in total. The molecule has 1 fully saturated rings. The third-order valence-electron chi connectivity index (χ3n) is 6.33. The molecule has 0 unspecified atom stereocenters. The number of nitrogens with one attached hydrogen (secondary N) is 1. The van der Waals surface area contributed by atoms with Gasteiger partial charge in [0.25, 0.3) is 5.91 Å². The highest BCUT2D eigenvalue weighted by molar-refractivity contribution is 6.04. The molecule has 3 aromatic rings. The molecular formula is C26H24F3N3O3. The maximum absolute atomic E-state index is 12.6. The molecule has 0 atom stereocenters. The van der Waals surface area contributed by atoms with Crippen molar-refractivity contribution in [1.29, 1.82) is 0 Å². The quantitative estimate of drug-likeness (QED) is 0.438. The average Bonchev–Trinajstić information content (AvgIpc) is 2.84. The zero-order valence-corrected chi connectivity index (χ0v) is 18.8. The molecular weight excluding hydrogens is 459 g/mol. The number of aromatic nitrogens is 2. The first kappa shape index (κ1) is 24.4. The van der Waals surface area contributed by atoms with Crippen LogP contribution in [0.1, 0.15) is 59.6 Å². The van der Waals surface area contributed by atoms with Crippen molar-refractivity contribution in [2.24, 2.45) is 5.92 Å². The minimum atomic E-state index is -4.54. The van der Waals surface area contributed by atoms with E-state index in [0.29, 0.717) is 11.6 Å². The molecule has 9 heteroatoms. The second-order valence-corrected chi connectivity index (χ2v) is 8.75. The minimum absolute atomic E-state index is 0.152. The molecule has 0 saturated heterocycles. The summed E-state index contributed by atoms with van der Waals surface area (Å²) >= 11 is 0. The number of carbonyl (C=O) groups is 2. The van der Waals surface area contributed by atoms with E-state index in [9.17, 15) is 22.8 Å². The first-order valence-corrected chi connectivity index (χ1v) is 11.3. The van der Waals surface area contributed by atoms with Crippen LogP contribution in [0, 0.1) is 5.92 Å². The summed E-state index contributed by atoms with van der Waals surface area (Å²) in [7, 11) is 0. The molecule has 2 N–H and O–H groups in total. The van der Waals surface area contributed by atoms with Crippen molar-refractivity contribution < 1.29 is 27.9 Å². The van der Waals surface area contributed by atoms with Crippen LogP contribution in [0.5, 0.6) is 0 Å². The van der Waals surface area contributed by atoms with Gasteiger partial charge in [0.1, 0.15) is 5.69 Å². The topological polar surface area (TPSA) is 92.2 Å². The number of carboxylic acid groups (broad SMARTS) is 1. The van der Waals surface area contributed by atoms with Crippen LogP contribution in [0.2, 0.25) is 0 Å². The van der Waals surface area contributed by atoms with Gasteiger partial charge in [-0.15, -0.1) is 0 Å². The first-order chi connectivity index (χ1) is 16.7. The molecule has 1 aromatic carbocycles. The molecule has 35 heavy (non-hydrogen) atoms. The second kappa shape index (κ2) is 10.2. The zero-order chi connectivity index (χ0) is 25.0. The van der Waals surface area contributed by atoms with Crippen LogP contribution in [-0.2, 0) is 11.0 Å². The Kier molecular flexibility index (Phi) is 7.14. The average molecular weight is 483 g/mol. The molecule has 182 valence electrons. The predicted molar refractivity (Wildman–Crippen MR) is 124 cm³/mol. The van der Waals surface area contributed by atoms with Gasteiger partial charge in [0.2, 0.25) is 0 Å². The van der Waals surface area contributed by atoms with Crippen molar-refractivity contribution in [3.05, 3.63) is 77.7 Å². The number of hydrogen-bond acceptors (Lipinski definition) is 4. The van der Waals surface area contributed by atoms with Crippen LogP contribution in [0.25, 0.3) is 11.3 Å². The van der Waals surface area contributed by atoms with Gasteiger partial charge in [0.15, 0.2) is 0 Å². The Hall–Kier alpha value is -3.75. The molecule has 1 aliphatic carbocycles. The first-order valence-electron chi connectivity index (χ1n) is 11.3. The van der Waals surface area contributed by atoms with E-state index < -0.39 is 23.7 Å². The van der Waals surface area contributed by atoms with Gasteiger partial charge in [-0.2, -0.15) is 13.2 Å². The normalized spacial score (nSPS) is 18.1. The van der Waals surface area contributed by atoms with Crippen LogP contribution in [0.3, 0.4) is 0 Å². The van der Waals surface area contributed by atoms with Crippen molar-refractivity contribution in [1.82, 2.24) is 9.97 Å². The number of rotatable bonds is 6. The van der Waals surface area contributed by atoms with Gasteiger partial charge in [0.05, 0.1) is 23.1 Å². The molecule has 0 aliphatic heterocycles. The number of halogens is 3. The number of aliphatic carboxylic acids is 1. The van der Waals surface area contributed by atoms with Gasteiger partial charge >= 0.3 is 12.1 Å². The van der Waals surface area contributed by atoms with Crippen molar-refractivity contribution in [2.75, 3.05) is 5.32 Å². The monoisotopic (exact) mass is 483 g/mol. The standard InChI is InChI=1S/C26H24F3N3O3/c27-26(28,29)23-12-10-21(15-31-23)32-25(35)20-9-11-22(30-14-20)19-7-5-18(6-8-19)17-3-1-16(2-4-17)13-24(33)34/h5-12,14-17H,1-4,13H2,(H,32,35)(H,33,34)/t16-,17+. The van der Waals surface area contributed by atoms with Crippen molar-refractivity contribution >= 4 is 17.6 Å².